The first-order valence-electron chi connectivity index (χ1n) is 9.18. The molecule has 130 valence electrons. The Morgan fingerprint density at radius 1 is 1.04 bits per heavy atom. The zero-order chi connectivity index (χ0) is 16.8. The topological polar surface area (TPSA) is 64.1 Å². The molecule has 0 radical (unpaired) electrons. The van der Waals surface area contributed by atoms with E-state index < -0.39 is 0 Å². The molecule has 1 aliphatic carbocycles. The Morgan fingerprint density at radius 2 is 1.88 bits per heavy atom. The summed E-state index contributed by atoms with van der Waals surface area (Å²) >= 11 is 0. The van der Waals surface area contributed by atoms with E-state index in [9.17, 15) is 0 Å². The molecule has 0 spiro atoms. The standard InChI is InChI=1S/C18H23N7/c1-23-10-15(19-12-23)11-24-8-6-14(7-9-24)18-21-20-17-5-4-16(13-2-3-13)22-25(17)18/h4-5,10,12-14H,2-3,6-9,11H2,1H3. The van der Waals surface area contributed by atoms with Crippen LogP contribution in [0.25, 0.3) is 5.65 Å². The second-order valence-corrected chi connectivity index (χ2v) is 7.44. The van der Waals surface area contributed by atoms with E-state index >= 15 is 0 Å². The number of hydrogen-bond donors (Lipinski definition) is 0. The second-order valence-electron chi connectivity index (χ2n) is 7.44. The SMILES string of the molecule is Cn1cnc(CN2CCC(c3nnc4ccc(C5CC5)nn34)CC2)c1. The Bertz CT molecular complexity index is 884. The van der Waals surface area contributed by atoms with Gasteiger partial charge >= 0.3 is 0 Å². The van der Waals surface area contributed by atoms with Crippen molar-refractivity contribution in [3.8, 4) is 0 Å². The minimum atomic E-state index is 0.442. The lowest BCUT2D eigenvalue weighted by molar-refractivity contribution is 0.199. The van der Waals surface area contributed by atoms with Gasteiger partial charge in [0.05, 0.1) is 17.7 Å². The van der Waals surface area contributed by atoms with Crippen molar-refractivity contribution in [2.75, 3.05) is 13.1 Å². The molecule has 0 atom stereocenters. The van der Waals surface area contributed by atoms with Gasteiger partial charge in [-0.25, -0.2) is 4.98 Å². The monoisotopic (exact) mass is 337 g/mol. The van der Waals surface area contributed by atoms with Gasteiger partial charge in [-0.15, -0.1) is 10.2 Å². The molecule has 3 aromatic heterocycles. The van der Waals surface area contributed by atoms with Gasteiger partial charge in [-0.3, -0.25) is 4.90 Å². The van der Waals surface area contributed by atoms with Crippen LogP contribution in [0.3, 0.4) is 0 Å². The first-order chi connectivity index (χ1) is 12.3. The maximum absolute atomic E-state index is 4.83. The molecule has 0 unspecified atom stereocenters. The minimum absolute atomic E-state index is 0.442. The number of likely N-dealkylation sites (tertiary alicyclic amines) is 1. The summed E-state index contributed by atoms with van der Waals surface area (Å²) in [4.78, 5) is 6.91. The van der Waals surface area contributed by atoms with Crippen LogP contribution >= 0.6 is 0 Å². The van der Waals surface area contributed by atoms with Crippen molar-refractivity contribution in [1.29, 1.82) is 0 Å². The first kappa shape index (κ1) is 15.0. The Balaban J connectivity index is 1.30. The van der Waals surface area contributed by atoms with Crippen molar-refractivity contribution < 1.29 is 0 Å². The van der Waals surface area contributed by atoms with Crippen LogP contribution in [0.1, 0.15) is 54.7 Å². The quantitative estimate of drug-likeness (QED) is 0.730. The average molecular weight is 337 g/mol. The number of aryl methyl sites for hydroxylation is 1. The zero-order valence-corrected chi connectivity index (χ0v) is 14.5. The first-order valence-corrected chi connectivity index (χ1v) is 9.18. The molecule has 1 aliphatic heterocycles. The summed E-state index contributed by atoms with van der Waals surface area (Å²) in [5.41, 5.74) is 3.21. The molecule has 25 heavy (non-hydrogen) atoms. The maximum atomic E-state index is 4.83. The van der Waals surface area contributed by atoms with Crippen LogP contribution in [-0.4, -0.2) is 47.4 Å². The third kappa shape index (κ3) is 2.93. The summed E-state index contributed by atoms with van der Waals surface area (Å²) in [6.45, 7) is 3.06. The van der Waals surface area contributed by atoms with E-state index in [4.69, 9.17) is 5.10 Å². The summed E-state index contributed by atoms with van der Waals surface area (Å²) in [7, 11) is 2.02. The number of nitrogens with zero attached hydrogens (tertiary/aromatic N) is 7. The Morgan fingerprint density at radius 3 is 2.60 bits per heavy atom. The third-order valence-corrected chi connectivity index (χ3v) is 5.40. The smallest absolute Gasteiger partial charge is 0.177 e. The van der Waals surface area contributed by atoms with E-state index in [1.165, 1.54) is 18.5 Å². The highest BCUT2D eigenvalue weighted by Crippen LogP contribution is 2.39. The lowest BCUT2D eigenvalue weighted by Gasteiger charge is -2.30. The maximum Gasteiger partial charge on any atom is 0.177 e. The number of piperidine rings is 1. The molecule has 1 saturated heterocycles. The molecule has 4 heterocycles. The molecule has 5 rings (SSSR count). The zero-order valence-electron chi connectivity index (χ0n) is 14.5. The second kappa shape index (κ2) is 5.91. The van der Waals surface area contributed by atoms with Gasteiger partial charge in [-0.05, 0) is 50.9 Å². The fourth-order valence-corrected chi connectivity index (χ4v) is 3.80. The van der Waals surface area contributed by atoms with Gasteiger partial charge in [0.25, 0.3) is 0 Å². The normalized spacial score (nSPS) is 19.7. The van der Waals surface area contributed by atoms with Crippen LogP contribution in [-0.2, 0) is 13.6 Å². The number of hydrogen-bond acceptors (Lipinski definition) is 5. The molecular weight excluding hydrogens is 314 g/mol. The van der Waals surface area contributed by atoms with Crippen LogP contribution in [0.2, 0.25) is 0 Å². The summed E-state index contributed by atoms with van der Waals surface area (Å²) in [6, 6.07) is 4.17. The Hall–Kier alpha value is -2.28. The van der Waals surface area contributed by atoms with Gasteiger partial charge < -0.3 is 4.57 Å². The fraction of sp³-hybridized carbons (Fsp3) is 0.556. The van der Waals surface area contributed by atoms with E-state index in [0.717, 1.165) is 49.6 Å². The largest absolute Gasteiger partial charge is 0.340 e. The van der Waals surface area contributed by atoms with Crippen molar-refractivity contribution in [1.82, 2.24) is 34.3 Å². The number of fused-ring (bicyclic) bond motifs is 1. The number of rotatable bonds is 4. The van der Waals surface area contributed by atoms with Crippen molar-refractivity contribution in [3.63, 3.8) is 0 Å². The fourth-order valence-electron chi connectivity index (χ4n) is 3.80. The molecule has 0 aromatic carbocycles. The van der Waals surface area contributed by atoms with Gasteiger partial charge in [0.1, 0.15) is 0 Å². The number of aromatic nitrogens is 6. The highest BCUT2D eigenvalue weighted by Gasteiger charge is 2.28. The highest BCUT2D eigenvalue weighted by molar-refractivity contribution is 5.38. The molecule has 7 heteroatoms. The van der Waals surface area contributed by atoms with Gasteiger partial charge in [-0.2, -0.15) is 9.61 Å². The van der Waals surface area contributed by atoms with Crippen LogP contribution in [0.4, 0.5) is 0 Å². The molecule has 0 N–H and O–H groups in total. The van der Waals surface area contributed by atoms with Gasteiger partial charge in [-0.1, -0.05) is 0 Å². The summed E-state index contributed by atoms with van der Waals surface area (Å²) in [5, 5.41) is 13.6. The van der Waals surface area contributed by atoms with Crippen LogP contribution in [0.5, 0.6) is 0 Å². The van der Waals surface area contributed by atoms with Crippen molar-refractivity contribution in [2.45, 2.75) is 44.1 Å². The average Bonchev–Trinajstić information content (AvgIpc) is 3.28. The van der Waals surface area contributed by atoms with E-state index in [2.05, 4.69) is 38.4 Å². The van der Waals surface area contributed by atoms with E-state index in [0.29, 0.717) is 11.8 Å². The molecule has 2 fully saturated rings. The number of imidazole rings is 1. The summed E-state index contributed by atoms with van der Waals surface area (Å²) in [6.07, 6.45) is 8.70. The molecule has 3 aromatic rings. The summed E-state index contributed by atoms with van der Waals surface area (Å²) in [5.74, 6) is 2.13. The molecular formula is C18H23N7. The van der Waals surface area contributed by atoms with Crippen molar-refractivity contribution in [2.24, 2.45) is 7.05 Å². The minimum Gasteiger partial charge on any atom is -0.340 e. The molecule has 0 bridgehead atoms. The van der Waals surface area contributed by atoms with Gasteiger partial charge in [0.15, 0.2) is 11.5 Å². The van der Waals surface area contributed by atoms with E-state index in [1.54, 1.807) is 0 Å². The lowest BCUT2D eigenvalue weighted by atomic mass is 9.96. The molecule has 7 nitrogen and oxygen atoms in total. The van der Waals surface area contributed by atoms with Gasteiger partial charge in [0.2, 0.25) is 0 Å². The molecule has 2 aliphatic rings. The third-order valence-electron chi connectivity index (χ3n) is 5.40. The van der Waals surface area contributed by atoms with Crippen molar-refractivity contribution >= 4 is 5.65 Å². The van der Waals surface area contributed by atoms with Crippen LogP contribution in [0, 0.1) is 0 Å². The molecule has 1 saturated carbocycles. The summed E-state index contributed by atoms with van der Waals surface area (Å²) < 4.78 is 4.00. The highest BCUT2D eigenvalue weighted by atomic mass is 15.4. The predicted octanol–water partition coefficient (Wildman–Crippen LogP) is 2.11. The Labute approximate surface area is 146 Å². The van der Waals surface area contributed by atoms with Gasteiger partial charge in [0, 0.05) is 31.6 Å². The lowest BCUT2D eigenvalue weighted by Crippen LogP contribution is -2.33. The van der Waals surface area contributed by atoms with Crippen LogP contribution in [0.15, 0.2) is 24.7 Å². The molecule has 0 amide bonds. The van der Waals surface area contributed by atoms with E-state index in [-0.39, 0.29) is 0 Å². The van der Waals surface area contributed by atoms with Crippen molar-refractivity contribution in [3.05, 3.63) is 41.9 Å². The van der Waals surface area contributed by atoms with E-state index in [1.807, 2.05) is 22.5 Å². The predicted molar refractivity (Wildman–Crippen MR) is 93.2 cm³/mol. The van der Waals surface area contributed by atoms with Crippen LogP contribution < -0.4 is 0 Å². The Kier molecular flexibility index (Phi) is 3.55.